The molecule has 0 radical (unpaired) electrons. The number of quaternary nitrogens is 1. The summed E-state index contributed by atoms with van der Waals surface area (Å²) in [5.74, 6) is -0.813. The zero-order valence-corrected chi connectivity index (χ0v) is 62.7. The molecule has 0 saturated carbocycles. The van der Waals surface area contributed by atoms with E-state index < -0.39 is 26.5 Å². The number of rotatable bonds is 75. The Morgan fingerprint density at radius 2 is 0.620 bits per heavy atom. The summed E-state index contributed by atoms with van der Waals surface area (Å²) in [6.45, 7) is 4.19. The Bertz CT molecular complexity index is 1740. The largest absolute Gasteiger partial charge is 0.756 e. The molecule has 92 heavy (non-hydrogen) atoms. The van der Waals surface area contributed by atoms with Crippen molar-refractivity contribution in [2.45, 2.75) is 405 Å². The molecule has 0 aliphatic carbocycles. The Labute approximate surface area is 572 Å². The van der Waals surface area contributed by atoms with Gasteiger partial charge < -0.3 is 27.9 Å². The molecule has 0 bridgehead atoms. The number of hydrogen-bond acceptors (Lipinski definition) is 8. The Balaban J connectivity index is 3.89. The lowest BCUT2D eigenvalue weighted by molar-refractivity contribution is -0.870. The van der Waals surface area contributed by atoms with E-state index >= 15 is 0 Å². The Morgan fingerprint density at radius 3 is 0.935 bits per heavy atom. The van der Waals surface area contributed by atoms with Crippen LogP contribution < -0.4 is 4.89 Å². The van der Waals surface area contributed by atoms with Crippen molar-refractivity contribution in [3.05, 3.63) is 60.8 Å². The van der Waals surface area contributed by atoms with Crippen LogP contribution in [0.3, 0.4) is 0 Å². The number of likely N-dealkylation sites (N-methyl/N-ethyl adjacent to an activating group) is 1. The second-order valence-electron chi connectivity index (χ2n) is 28.4. The zero-order chi connectivity index (χ0) is 66.9. The summed E-state index contributed by atoms with van der Waals surface area (Å²) in [5, 5.41) is 0. The molecule has 0 fully saturated rings. The lowest BCUT2D eigenvalue weighted by Gasteiger charge is -2.28. The fourth-order valence-electron chi connectivity index (χ4n) is 11.9. The van der Waals surface area contributed by atoms with Crippen LogP contribution in [0.5, 0.6) is 0 Å². The van der Waals surface area contributed by atoms with Gasteiger partial charge in [-0.1, -0.05) is 370 Å². The normalized spacial score (nSPS) is 13.3. The molecular weight excluding hydrogens is 1160 g/mol. The molecule has 0 saturated heterocycles. The molecule has 2 atom stereocenters. The lowest BCUT2D eigenvalue weighted by atomic mass is 10.0. The van der Waals surface area contributed by atoms with Gasteiger partial charge in [-0.25, -0.2) is 0 Å². The third-order valence-corrected chi connectivity index (χ3v) is 19.0. The van der Waals surface area contributed by atoms with Gasteiger partial charge >= 0.3 is 11.9 Å². The van der Waals surface area contributed by atoms with Crippen molar-refractivity contribution in [2.75, 3.05) is 47.5 Å². The number of phosphoric ester groups is 1. The molecule has 9 nitrogen and oxygen atoms in total. The van der Waals surface area contributed by atoms with Gasteiger partial charge in [-0.3, -0.25) is 14.2 Å². The maximum Gasteiger partial charge on any atom is 0.306 e. The van der Waals surface area contributed by atoms with Crippen LogP contribution in [0.2, 0.25) is 0 Å². The summed E-state index contributed by atoms with van der Waals surface area (Å²) in [7, 11) is 1.18. The maximum absolute atomic E-state index is 12.9. The average Bonchev–Trinajstić information content (AvgIpc) is 2.14. The minimum atomic E-state index is -4.64. The van der Waals surface area contributed by atoms with Crippen LogP contribution in [-0.2, 0) is 32.7 Å². The molecule has 0 aliphatic rings. The van der Waals surface area contributed by atoms with E-state index in [1.54, 1.807) is 0 Å². The first-order valence-electron chi connectivity index (χ1n) is 40.0. The molecule has 0 rings (SSSR count). The first-order chi connectivity index (χ1) is 45.0. The fourth-order valence-corrected chi connectivity index (χ4v) is 12.7. The summed E-state index contributed by atoms with van der Waals surface area (Å²) in [4.78, 5) is 38.2. The van der Waals surface area contributed by atoms with Crippen LogP contribution in [0, 0.1) is 0 Å². The van der Waals surface area contributed by atoms with Gasteiger partial charge in [0.05, 0.1) is 27.7 Å². The van der Waals surface area contributed by atoms with Crippen LogP contribution in [0.4, 0.5) is 0 Å². The number of unbranched alkanes of at least 4 members (excludes halogenated alkanes) is 51. The summed E-state index contributed by atoms with van der Waals surface area (Å²) >= 11 is 0. The molecular formula is C82H154NO8P. The molecule has 0 amide bonds. The van der Waals surface area contributed by atoms with Gasteiger partial charge in [0.25, 0.3) is 7.82 Å². The number of esters is 2. The monoisotopic (exact) mass is 1310 g/mol. The second kappa shape index (κ2) is 73.0. The molecule has 0 spiro atoms. The van der Waals surface area contributed by atoms with Gasteiger partial charge in [-0.05, 0) is 77.0 Å². The van der Waals surface area contributed by atoms with Crippen molar-refractivity contribution >= 4 is 19.8 Å². The van der Waals surface area contributed by atoms with Crippen LogP contribution in [0.1, 0.15) is 399 Å². The standard InChI is InChI=1S/C82H154NO8P/c1-6-8-10-12-14-16-18-20-22-24-26-28-30-32-34-36-37-38-39-40-41-42-43-44-45-47-48-50-52-54-56-58-60-62-64-66-68-70-72-74-81(84)88-78-80(79-90-92(86,87)89-77-76-83(3,4)5)91-82(85)75-73-71-69-67-65-63-61-59-57-55-53-51-49-46-35-33-31-29-27-25-23-21-19-17-15-13-11-9-7-2/h9,11,15,17,21,23-24,26-27,29,80H,6-8,10,12-14,16,18-20,22,25,28,30-79H2,1-5H3/b11-9-,17-15-,23-21-,26-24-,29-27-. The van der Waals surface area contributed by atoms with E-state index in [0.29, 0.717) is 17.4 Å². The third-order valence-electron chi connectivity index (χ3n) is 18.0. The maximum atomic E-state index is 12.9. The van der Waals surface area contributed by atoms with Crippen molar-refractivity contribution in [1.29, 1.82) is 0 Å². The smallest absolute Gasteiger partial charge is 0.306 e. The number of carbonyl (C=O) groups excluding carboxylic acids is 2. The highest BCUT2D eigenvalue weighted by Gasteiger charge is 2.22. The van der Waals surface area contributed by atoms with E-state index in [2.05, 4.69) is 74.6 Å². The highest BCUT2D eigenvalue weighted by Crippen LogP contribution is 2.38. The number of allylic oxidation sites excluding steroid dienone is 10. The Morgan fingerprint density at radius 1 is 0.348 bits per heavy atom. The number of ether oxygens (including phenoxy) is 2. The first kappa shape index (κ1) is 89.7. The first-order valence-corrected chi connectivity index (χ1v) is 41.5. The van der Waals surface area contributed by atoms with Gasteiger partial charge in [-0.15, -0.1) is 0 Å². The third kappa shape index (κ3) is 76.7. The molecule has 0 aromatic carbocycles. The summed E-state index contributed by atoms with van der Waals surface area (Å²) < 4.78 is 34.4. The lowest BCUT2D eigenvalue weighted by Crippen LogP contribution is -2.37. The number of phosphoric acid groups is 1. The quantitative estimate of drug-likeness (QED) is 0.0195. The predicted octanol–water partition coefficient (Wildman–Crippen LogP) is 25.9. The van der Waals surface area contributed by atoms with Crippen molar-refractivity contribution in [3.8, 4) is 0 Å². The summed E-state index contributed by atoms with van der Waals surface area (Å²) in [5.41, 5.74) is 0. The zero-order valence-electron chi connectivity index (χ0n) is 61.8. The number of hydrogen-bond donors (Lipinski definition) is 0. The van der Waals surface area contributed by atoms with Gasteiger partial charge in [0, 0.05) is 12.8 Å². The molecule has 0 aromatic rings. The average molecular weight is 1310 g/mol. The molecule has 2 unspecified atom stereocenters. The topological polar surface area (TPSA) is 111 Å². The Hall–Kier alpha value is -2.29. The predicted molar refractivity (Wildman–Crippen MR) is 397 cm³/mol. The minimum Gasteiger partial charge on any atom is -0.756 e. The van der Waals surface area contributed by atoms with Gasteiger partial charge in [-0.2, -0.15) is 0 Å². The second-order valence-corrected chi connectivity index (χ2v) is 29.8. The summed E-state index contributed by atoms with van der Waals surface area (Å²) in [6.07, 6.45) is 97.8. The van der Waals surface area contributed by atoms with Crippen LogP contribution in [0.15, 0.2) is 60.8 Å². The van der Waals surface area contributed by atoms with E-state index in [-0.39, 0.29) is 32.0 Å². The van der Waals surface area contributed by atoms with Crippen LogP contribution in [0.25, 0.3) is 0 Å². The fraction of sp³-hybridized carbons (Fsp3) is 0.854. The molecule has 10 heteroatoms. The van der Waals surface area contributed by atoms with Gasteiger partial charge in [0.2, 0.25) is 0 Å². The van der Waals surface area contributed by atoms with E-state index in [9.17, 15) is 19.0 Å². The van der Waals surface area contributed by atoms with E-state index in [4.69, 9.17) is 18.5 Å². The van der Waals surface area contributed by atoms with Crippen molar-refractivity contribution in [2.24, 2.45) is 0 Å². The molecule has 540 valence electrons. The Kier molecular flexibility index (Phi) is 71.2. The minimum absolute atomic E-state index is 0.0293. The SMILES string of the molecule is CC/C=C\C/C=C\C/C=C\C/C=C\CCCCCCCCCCCCCCCCCCC(=O)OC(COC(=O)CCCCCCCCCCCCCCCCCCCCCCCCCCCCC/C=C\CCCCCCCCCC)COP(=O)([O-])OCC[N+](C)(C)C. The highest BCUT2D eigenvalue weighted by atomic mass is 31.2. The molecule has 0 aliphatic heterocycles. The molecule has 0 aromatic heterocycles. The van der Waals surface area contributed by atoms with Gasteiger partial charge in [0.15, 0.2) is 6.10 Å². The van der Waals surface area contributed by atoms with E-state index in [1.165, 1.54) is 302 Å². The van der Waals surface area contributed by atoms with Crippen molar-refractivity contribution in [3.63, 3.8) is 0 Å². The molecule has 0 N–H and O–H groups in total. The van der Waals surface area contributed by atoms with Gasteiger partial charge in [0.1, 0.15) is 19.8 Å². The molecule has 0 heterocycles. The van der Waals surface area contributed by atoms with Crippen LogP contribution in [-0.4, -0.2) is 70.0 Å². The number of nitrogens with zero attached hydrogens (tertiary/aromatic N) is 1. The van der Waals surface area contributed by atoms with Crippen LogP contribution >= 0.6 is 7.82 Å². The van der Waals surface area contributed by atoms with Crippen molar-refractivity contribution in [1.82, 2.24) is 0 Å². The van der Waals surface area contributed by atoms with E-state index in [1.807, 2.05) is 21.1 Å². The number of carbonyl (C=O) groups is 2. The van der Waals surface area contributed by atoms with E-state index in [0.717, 1.165) is 64.2 Å². The van der Waals surface area contributed by atoms with Crippen molar-refractivity contribution < 1.29 is 42.1 Å². The highest BCUT2D eigenvalue weighted by molar-refractivity contribution is 7.45. The summed E-state index contributed by atoms with van der Waals surface area (Å²) in [6, 6.07) is 0.